The minimum Gasteiger partial charge on any atom is -0.486 e. The summed E-state index contributed by atoms with van der Waals surface area (Å²) in [6, 6.07) is 6.29. The molecule has 0 saturated heterocycles. The van der Waals surface area contributed by atoms with Gasteiger partial charge in [-0.1, -0.05) is 6.07 Å². The van der Waals surface area contributed by atoms with Crippen LogP contribution in [-0.2, 0) is 4.74 Å². The summed E-state index contributed by atoms with van der Waals surface area (Å²) < 4.78 is 16.2. The lowest BCUT2D eigenvalue weighted by Crippen LogP contribution is -2.33. The van der Waals surface area contributed by atoms with Crippen LogP contribution in [0.5, 0.6) is 11.5 Å². The molecule has 1 heterocycles. The van der Waals surface area contributed by atoms with Crippen molar-refractivity contribution in [3.63, 3.8) is 0 Å². The van der Waals surface area contributed by atoms with Crippen molar-refractivity contribution in [3.05, 3.63) is 23.8 Å². The summed E-state index contributed by atoms with van der Waals surface area (Å²) in [6.07, 6.45) is 1.92. The quantitative estimate of drug-likeness (QED) is 0.827. The molecule has 0 radical (unpaired) electrons. The maximum absolute atomic E-state index is 10.5. The van der Waals surface area contributed by atoms with Crippen molar-refractivity contribution in [1.82, 2.24) is 4.90 Å². The van der Waals surface area contributed by atoms with E-state index >= 15 is 0 Å². The van der Waals surface area contributed by atoms with Crippen LogP contribution in [0.25, 0.3) is 0 Å². The van der Waals surface area contributed by atoms with Gasteiger partial charge in [0.05, 0.1) is 12.7 Å². The first-order valence-electron chi connectivity index (χ1n) is 7.58. The van der Waals surface area contributed by atoms with Gasteiger partial charge in [-0.15, -0.1) is 0 Å². The molecule has 1 aromatic rings. The van der Waals surface area contributed by atoms with Crippen LogP contribution in [0.15, 0.2) is 18.2 Å². The molecule has 1 atom stereocenters. The average molecular weight is 293 g/mol. The van der Waals surface area contributed by atoms with Crippen LogP contribution in [0.2, 0.25) is 0 Å². The Morgan fingerprint density at radius 3 is 2.76 bits per heavy atom. The van der Waals surface area contributed by atoms with Crippen LogP contribution in [0.1, 0.15) is 24.5 Å². The highest BCUT2D eigenvalue weighted by molar-refractivity contribution is 5.44. The molecule has 5 heteroatoms. The molecule has 1 aliphatic heterocycles. The summed E-state index contributed by atoms with van der Waals surface area (Å²) in [5.74, 6) is 1.49. The van der Waals surface area contributed by atoms with E-state index in [0.717, 1.165) is 23.6 Å². The second-order valence-electron chi connectivity index (χ2n) is 5.64. The molecule has 1 fully saturated rings. The van der Waals surface area contributed by atoms with Gasteiger partial charge in [0.2, 0.25) is 0 Å². The Bertz CT molecular complexity index is 475. The molecule has 0 aromatic heterocycles. The fraction of sp³-hybridized carbons (Fsp3) is 0.625. The third-order valence-corrected chi connectivity index (χ3v) is 4.00. The number of aliphatic hydroxyl groups excluding tert-OH is 1. The van der Waals surface area contributed by atoms with E-state index in [1.54, 1.807) is 7.11 Å². The van der Waals surface area contributed by atoms with E-state index < -0.39 is 6.10 Å². The molecule has 1 unspecified atom stereocenters. The van der Waals surface area contributed by atoms with Crippen LogP contribution >= 0.6 is 0 Å². The molecule has 1 aromatic carbocycles. The molecule has 116 valence electrons. The van der Waals surface area contributed by atoms with Gasteiger partial charge in [0, 0.05) is 26.2 Å². The molecule has 0 amide bonds. The number of aliphatic hydroxyl groups is 1. The zero-order chi connectivity index (χ0) is 14.7. The number of nitrogens with zero attached hydrogens (tertiary/aromatic N) is 1. The van der Waals surface area contributed by atoms with E-state index in [9.17, 15) is 5.11 Å². The van der Waals surface area contributed by atoms with Gasteiger partial charge >= 0.3 is 0 Å². The molecular weight excluding hydrogens is 270 g/mol. The highest BCUT2D eigenvalue weighted by Crippen LogP contribution is 2.34. The van der Waals surface area contributed by atoms with Crippen molar-refractivity contribution in [2.75, 3.05) is 40.0 Å². The van der Waals surface area contributed by atoms with Crippen LogP contribution in [-0.4, -0.2) is 56.1 Å². The number of rotatable bonds is 7. The molecule has 21 heavy (non-hydrogen) atoms. The summed E-state index contributed by atoms with van der Waals surface area (Å²) in [6.45, 7) is 3.34. The zero-order valence-corrected chi connectivity index (χ0v) is 12.5. The van der Waals surface area contributed by atoms with Gasteiger partial charge in [-0.3, -0.25) is 4.90 Å². The topological polar surface area (TPSA) is 51.2 Å². The second-order valence-corrected chi connectivity index (χ2v) is 5.64. The maximum Gasteiger partial charge on any atom is 0.161 e. The number of methoxy groups -OCH3 is 1. The zero-order valence-electron chi connectivity index (χ0n) is 12.5. The first-order chi connectivity index (χ1) is 10.3. The lowest BCUT2D eigenvalue weighted by Gasteiger charge is -2.25. The summed E-state index contributed by atoms with van der Waals surface area (Å²) in [7, 11) is 1.71. The fourth-order valence-electron chi connectivity index (χ4n) is 2.67. The van der Waals surface area contributed by atoms with Gasteiger partial charge in [-0.2, -0.15) is 0 Å². The number of hydrogen-bond acceptors (Lipinski definition) is 5. The third kappa shape index (κ3) is 3.67. The molecule has 1 N–H and O–H groups in total. The van der Waals surface area contributed by atoms with E-state index in [1.807, 2.05) is 18.2 Å². The largest absolute Gasteiger partial charge is 0.486 e. The van der Waals surface area contributed by atoms with E-state index in [0.29, 0.717) is 32.4 Å². The Morgan fingerprint density at radius 1 is 1.29 bits per heavy atom. The minimum atomic E-state index is -0.515. The predicted molar refractivity (Wildman–Crippen MR) is 78.9 cm³/mol. The van der Waals surface area contributed by atoms with Crippen molar-refractivity contribution in [1.29, 1.82) is 0 Å². The monoisotopic (exact) mass is 293 g/mol. The maximum atomic E-state index is 10.5. The number of ether oxygens (including phenoxy) is 3. The number of fused-ring (bicyclic) bond motifs is 1. The molecule has 0 spiro atoms. The van der Waals surface area contributed by atoms with E-state index in [1.165, 1.54) is 12.8 Å². The van der Waals surface area contributed by atoms with Crippen molar-refractivity contribution in [2.24, 2.45) is 0 Å². The third-order valence-electron chi connectivity index (χ3n) is 4.00. The molecule has 3 rings (SSSR count). The van der Waals surface area contributed by atoms with Crippen LogP contribution < -0.4 is 9.47 Å². The summed E-state index contributed by atoms with van der Waals surface area (Å²) >= 11 is 0. The van der Waals surface area contributed by atoms with Crippen molar-refractivity contribution in [2.45, 2.75) is 25.0 Å². The predicted octanol–water partition coefficient (Wildman–Crippen LogP) is 1.60. The first-order valence-corrected chi connectivity index (χ1v) is 7.58. The molecule has 1 aliphatic carbocycles. The Kier molecular flexibility index (Phi) is 4.63. The highest BCUT2D eigenvalue weighted by Gasteiger charge is 2.30. The average Bonchev–Trinajstić information content (AvgIpc) is 3.35. The Labute approximate surface area is 125 Å². The van der Waals surface area contributed by atoms with E-state index in [4.69, 9.17) is 14.2 Å². The van der Waals surface area contributed by atoms with Gasteiger partial charge in [0.1, 0.15) is 13.2 Å². The van der Waals surface area contributed by atoms with E-state index in [-0.39, 0.29) is 0 Å². The summed E-state index contributed by atoms with van der Waals surface area (Å²) in [4.78, 5) is 2.31. The Morgan fingerprint density at radius 2 is 2.05 bits per heavy atom. The lowest BCUT2D eigenvalue weighted by atomic mass is 10.1. The van der Waals surface area contributed by atoms with Gasteiger partial charge in [0.15, 0.2) is 11.5 Å². The number of benzene rings is 1. The van der Waals surface area contributed by atoms with Crippen LogP contribution in [0, 0.1) is 0 Å². The summed E-state index contributed by atoms with van der Waals surface area (Å²) in [5, 5.41) is 10.5. The molecular formula is C16H23NO4. The SMILES string of the molecule is COCCN(CC(O)c1ccc2c(c1)OCCO2)C1CC1. The summed E-state index contributed by atoms with van der Waals surface area (Å²) in [5.41, 5.74) is 0.877. The first kappa shape index (κ1) is 14.6. The molecule has 2 aliphatic rings. The number of hydrogen-bond donors (Lipinski definition) is 1. The fourth-order valence-corrected chi connectivity index (χ4v) is 2.67. The van der Waals surface area contributed by atoms with Crippen LogP contribution in [0.4, 0.5) is 0 Å². The van der Waals surface area contributed by atoms with Gasteiger partial charge in [0.25, 0.3) is 0 Å². The smallest absolute Gasteiger partial charge is 0.161 e. The van der Waals surface area contributed by atoms with Crippen molar-refractivity contribution in [3.8, 4) is 11.5 Å². The molecule has 1 saturated carbocycles. The van der Waals surface area contributed by atoms with Gasteiger partial charge < -0.3 is 19.3 Å². The Balaban J connectivity index is 1.64. The van der Waals surface area contributed by atoms with E-state index in [2.05, 4.69) is 4.90 Å². The van der Waals surface area contributed by atoms with Crippen molar-refractivity contribution < 1.29 is 19.3 Å². The van der Waals surface area contributed by atoms with Gasteiger partial charge in [-0.25, -0.2) is 0 Å². The normalized spacial score (nSPS) is 18.8. The standard InChI is InChI=1S/C16H23NO4/c1-19-7-6-17(13-3-4-13)11-14(18)12-2-5-15-16(10-12)21-9-8-20-15/h2,5,10,13-14,18H,3-4,6-9,11H2,1H3. The highest BCUT2D eigenvalue weighted by atomic mass is 16.6. The molecule has 0 bridgehead atoms. The lowest BCUT2D eigenvalue weighted by molar-refractivity contribution is 0.0841. The second kappa shape index (κ2) is 6.64. The Hall–Kier alpha value is -1.30. The molecule has 5 nitrogen and oxygen atoms in total. The van der Waals surface area contributed by atoms with Crippen LogP contribution in [0.3, 0.4) is 0 Å². The van der Waals surface area contributed by atoms with Gasteiger partial charge in [-0.05, 0) is 30.5 Å². The minimum absolute atomic E-state index is 0.515. The van der Waals surface area contributed by atoms with Crippen molar-refractivity contribution >= 4 is 0 Å².